The smallest absolute Gasteiger partial charge is 0.0133 e. The van der Waals surface area contributed by atoms with Crippen LogP contribution in [-0.2, 0) is 0 Å². The molecule has 0 aromatic carbocycles. The van der Waals surface area contributed by atoms with Crippen LogP contribution >= 0.6 is 0 Å². The molecule has 12 heavy (non-hydrogen) atoms. The van der Waals surface area contributed by atoms with Crippen LogP contribution in [0.1, 0.15) is 12.8 Å². The monoisotopic (exact) mass is 152 g/mol. The van der Waals surface area contributed by atoms with E-state index in [1.807, 2.05) is 6.08 Å². The highest BCUT2D eigenvalue weighted by molar-refractivity contribution is 5.39. The van der Waals surface area contributed by atoms with Crippen molar-refractivity contribution in [2.75, 3.05) is 0 Å². The Morgan fingerprint density at radius 3 is 2.42 bits per heavy atom. The Labute approximate surface area is 74.1 Å². The van der Waals surface area contributed by atoms with Gasteiger partial charge in [0, 0.05) is 6.42 Å². The lowest BCUT2D eigenvalue weighted by Gasteiger charge is -1.75. The van der Waals surface area contributed by atoms with Crippen LogP contribution in [0.5, 0.6) is 0 Å². The number of hydrogen-bond donors (Lipinski definition) is 0. The summed E-state index contributed by atoms with van der Waals surface area (Å²) in [5, 5.41) is 0. The molecule has 0 heterocycles. The summed E-state index contributed by atoms with van der Waals surface area (Å²) in [4.78, 5) is 0. The first-order chi connectivity index (χ1) is 5.91. The third kappa shape index (κ3) is 7.98. The molecule has 0 aliphatic rings. The second kappa shape index (κ2) is 8.98. The molecule has 0 saturated carbocycles. The molecule has 0 aliphatic heterocycles. The SMILES string of the molecule is C#CC#CC#CC#CCCC=C. The summed E-state index contributed by atoms with van der Waals surface area (Å²) < 4.78 is 0. The van der Waals surface area contributed by atoms with Gasteiger partial charge in [-0.1, -0.05) is 12.0 Å². The van der Waals surface area contributed by atoms with Gasteiger partial charge < -0.3 is 0 Å². The summed E-state index contributed by atoms with van der Waals surface area (Å²) in [6.45, 7) is 3.57. The summed E-state index contributed by atoms with van der Waals surface area (Å²) in [6.07, 6.45) is 8.38. The van der Waals surface area contributed by atoms with Gasteiger partial charge in [0.2, 0.25) is 0 Å². The first kappa shape index (κ1) is 9.98. The maximum atomic E-state index is 4.87. The van der Waals surface area contributed by atoms with Gasteiger partial charge in [-0.05, 0) is 41.9 Å². The zero-order valence-corrected chi connectivity index (χ0v) is 6.78. The van der Waals surface area contributed by atoms with E-state index in [4.69, 9.17) is 6.42 Å². The number of hydrogen-bond acceptors (Lipinski definition) is 0. The molecule has 0 spiro atoms. The van der Waals surface area contributed by atoms with Crippen molar-refractivity contribution in [2.45, 2.75) is 12.8 Å². The molecule has 56 valence electrons. The molecule has 0 aromatic heterocycles. The van der Waals surface area contributed by atoms with Crippen molar-refractivity contribution in [3.8, 4) is 47.9 Å². The predicted octanol–water partition coefficient (Wildman–Crippen LogP) is 1.60. The Hall–Kier alpha value is -2.02. The maximum Gasteiger partial charge on any atom is 0.0133 e. The van der Waals surface area contributed by atoms with Crippen LogP contribution in [0.3, 0.4) is 0 Å². The molecule has 0 nitrogen and oxygen atoms in total. The van der Waals surface area contributed by atoms with Crippen LogP contribution in [-0.4, -0.2) is 0 Å². The van der Waals surface area contributed by atoms with Crippen molar-refractivity contribution in [3.05, 3.63) is 12.7 Å². The van der Waals surface area contributed by atoms with Crippen molar-refractivity contribution in [1.82, 2.24) is 0 Å². The summed E-state index contributed by atoms with van der Waals surface area (Å²) >= 11 is 0. The van der Waals surface area contributed by atoms with Crippen LogP contribution in [0.2, 0.25) is 0 Å². The molecule has 0 aliphatic carbocycles. The molecule has 0 atom stereocenters. The minimum Gasteiger partial charge on any atom is -0.106 e. The van der Waals surface area contributed by atoms with Gasteiger partial charge in [0.15, 0.2) is 0 Å². The molecule has 0 rings (SSSR count). The molecule has 0 heteroatoms. The summed E-state index contributed by atoms with van der Waals surface area (Å²) in [5.41, 5.74) is 0. The maximum absolute atomic E-state index is 4.87. The first-order valence-corrected chi connectivity index (χ1v) is 3.46. The second-order valence-electron chi connectivity index (χ2n) is 1.77. The van der Waals surface area contributed by atoms with Gasteiger partial charge >= 0.3 is 0 Å². The van der Waals surface area contributed by atoms with Crippen molar-refractivity contribution in [1.29, 1.82) is 0 Å². The lowest BCUT2D eigenvalue weighted by molar-refractivity contribution is 1.09. The Kier molecular flexibility index (Phi) is 7.47. The van der Waals surface area contributed by atoms with Gasteiger partial charge in [0.05, 0.1) is 0 Å². The van der Waals surface area contributed by atoms with Crippen molar-refractivity contribution in [2.24, 2.45) is 0 Å². The minimum atomic E-state index is 0.792. The highest BCUT2D eigenvalue weighted by Crippen LogP contribution is 1.83. The zero-order valence-electron chi connectivity index (χ0n) is 6.78. The van der Waals surface area contributed by atoms with E-state index < -0.39 is 0 Å². The molecule has 0 unspecified atom stereocenters. The van der Waals surface area contributed by atoms with Crippen LogP contribution in [0.25, 0.3) is 0 Å². The van der Waals surface area contributed by atoms with Crippen LogP contribution in [0.4, 0.5) is 0 Å². The summed E-state index contributed by atoms with van der Waals surface area (Å²) in [5.74, 6) is 17.6. The lowest BCUT2D eigenvalue weighted by atomic mass is 10.3. The minimum absolute atomic E-state index is 0.792. The van der Waals surface area contributed by atoms with Gasteiger partial charge in [0.1, 0.15) is 0 Å². The number of terminal acetylenes is 1. The Bertz CT molecular complexity index is 345. The molecule has 0 bridgehead atoms. The average Bonchev–Trinajstić information content (AvgIpc) is 2.10. The standard InChI is InChI=1S/C12H8/c1-3-5-7-9-11-12-10-8-6-4-2/h1,4H,2,6,8H2. The number of rotatable bonds is 2. The third-order valence-corrected chi connectivity index (χ3v) is 0.884. The van der Waals surface area contributed by atoms with E-state index in [1.165, 1.54) is 0 Å². The summed E-state index contributed by atoms with van der Waals surface area (Å²) in [6, 6.07) is 0. The Morgan fingerprint density at radius 1 is 1.08 bits per heavy atom. The van der Waals surface area contributed by atoms with E-state index in [1.54, 1.807) is 0 Å². The van der Waals surface area contributed by atoms with E-state index in [0.29, 0.717) is 0 Å². The van der Waals surface area contributed by atoms with Crippen LogP contribution in [0.15, 0.2) is 12.7 Å². The topological polar surface area (TPSA) is 0 Å². The molecule has 0 fully saturated rings. The number of unbranched alkanes of at least 4 members (excludes halogenated alkanes) is 1. The Balaban J connectivity index is 3.75. The molecular weight excluding hydrogens is 144 g/mol. The third-order valence-electron chi connectivity index (χ3n) is 0.884. The average molecular weight is 152 g/mol. The van der Waals surface area contributed by atoms with E-state index in [2.05, 4.69) is 48.0 Å². The van der Waals surface area contributed by atoms with Crippen LogP contribution in [0, 0.1) is 47.9 Å². The molecule has 0 radical (unpaired) electrons. The zero-order chi connectivity index (χ0) is 9.07. The van der Waals surface area contributed by atoms with E-state index in [0.717, 1.165) is 12.8 Å². The van der Waals surface area contributed by atoms with Crippen molar-refractivity contribution in [3.63, 3.8) is 0 Å². The molecule has 0 aromatic rings. The molecule has 0 saturated heterocycles. The van der Waals surface area contributed by atoms with Crippen molar-refractivity contribution < 1.29 is 0 Å². The van der Waals surface area contributed by atoms with E-state index in [9.17, 15) is 0 Å². The quantitative estimate of drug-likeness (QED) is 0.320. The number of allylic oxidation sites excluding steroid dienone is 1. The predicted molar refractivity (Wildman–Crippen MR) is 51.6 cm³/mol. The van der Waals surface area contributed by atoms with Gasteiger partial charge in [0.25, 0.3) is 0 Å². The highest BCUT2D eigenvalue weighted by Gasteiger charge is 1.69. The fraction of sp³-hybridized carbons (Fsp3) is 0.167. The van der Waals surface area contributed by atoms with Crippen molar-refractivity contribution >= 4 is 0 Å². The molecular formula is C12H8. The fourth-order valence-electron chi connectivity index (χ4n) is 0.411. The first-order valence-electron chi connectivity index (χ1n) is 3.46. The van der Waals surface area contributed by atoms with Gasteiger partial charge in [-0.15, -0.1) is 13.0 Å². The summed E-state index contributed by atoms with van der Waals surface area (Å²) in [7, 11) is 0. The highest BCUT2D eigenvalue weighted by atomic mass is 13.7. The van der Waals surface area contributed by atoms with Crippen LogP contribution < -0.4 is 0 Å². The fourth-order valence-corrected chi connectivity index (χ4v) is 0.411. The second-order valence-corrected chi connectivity index (χ2v) is 1.77. The van der Waals surface area contributed by atoms with Gasteiger partial charge in [-0.25, -0.2) is 0 Å². The largest absolute Gasteiger partial charge is 0.106 e. The van der Waals surface area contributed by atoms with E-state index >= 15 is 0 Å². The lowest BCUT2D eigenvalue weighted by Crippen LogP contribution is -1.61. The van der Waals surface area contributed by atoms with Gasteiger partial charge in [-0.2, -0.15) is 0 Å². The Morgan fingerprint density at radius 2 is 1.75 bits per heavy atom. The molecule has 0 amide bonds. The molecule has 0 N–H and O–H groups in total. The van der Waals surface area contributed by atoms with E-state index in [-0.39, 0.29) is 0 Å². The normalized spacial score (nSPS) is 5.25. The van der Waals surface area contributed by atoms with Gasteiger partial charge in [-0.3, -0.25) is 0 Å².